The van der Waals surface area contributed by atoms with Crippen molar-refractivity contribution in [1.82, 2.24) is 19.9 Å². The minimum Gasteiger partial charge on any atom is -0.250 e. The zero-order valence-corrected chi connectivity index (χ0v) is 29.8. The minimum atomic E-state index is 0.137. The Morgan fingerprint density at radius 2 is 1.06 bits per heavy atom. The lowest BCUT2D eigenvalue weighted by atomic mass is 9.63. The number of benzene rings is 5. The Morgan fingerprint density at radius 1 is 0.460 bits per heavy atom. The SMILES string of the molecule is Cc1cc(C)nc(-c2nc(-c3ccc(-c4cccc5ccccc45)cc3)nc(-c3cccc(-c4ccc5c(c4)C(C)(C)CCC5(C)C)c3)n2)c1. The van der Waals surface area contributed by atoms with E-state index in [1.165, 1.54) is 45.9 Å². The summed E-state index contributed by atoms with van der Waals surface area (Å²) in [4.78, 5) is 20.0. The molecule has 0 aliphatic heterocycles. The first-order valence-corrected chi connectivity index (χ1v) is 17.6. The van der Waals surface area contributed by atoms with Crippen LogP contribution in [0.3, 0.4) is 0 Å². The van der Waals surface area contributed by atoms with Crippen LogP contribution in [-0.4, -0.2) is 19.9 Å². The van der Waals surface area contributed by atoms with E-state index in [1.807, 2.05) is 13.0 Å². The molecule has 0 saturated heterocycles. The highest BCUT2D eigenvalue weighted by atomic mass is 15.0. The fourth-order valence-corrected chi connectivity index (χ4v) is 7.59. The number of rotatable bonds is 5. The maximum Gasteiger partial charge on any atom is 0.182 e. The predicted molar refractivity (Wildman–Crippen MR) is 207 cm³/mol. The van der Waals surface area contributed by atoms with Crippen molar-refractivity contribution in [2.24, 2.45) is 0 Å². The van der Waals surface area contributed by atoms with Crippen molar-refractivity contribution in [3.8, 4) is 56.5 Å². The van der Waals surface area contributed by atoms with Gasteiger partial charge in [-0.1, -0.05) is 131 Å². The number of aromatic nitrogens is 4. The molecule has 246 valence electrons. The number of pyridine rings is 1. The Morgan fingerprint density at radius 3 is 1.84 bits per heavy atom. The molecule has 0 atom stereocenters. The smallest absolute Gasteiger partial charge is 0.182 e. The second-order valence-electron chi connectivity index (χ2n) is 15.2. The number of nitrogens with zero attached hydrogens (tertiary/aromatic N) is 4. The standard InChI is InChI=1S/C46H42N4/c1-29-25-30(2)47-41(26-29)44-49-42(33-19-17-32(18-20-33)38-16-10-12-31-11-7-8-15-37(31)38)48-43(50-44)36-14-9-13-34(27-36)35-21-22-39-40(28-35)46(5,6)24-23-45(39,3)4/h7-22,25-28H,23-24H2,1-6H3. The lowest BCUT2D eigenvalue weighted by Gasteiger charge is -2.42. The van der Waals surface area contributed by atoms with Crippen molar-refractivity contribution in [3.05, 3.63) is 144 Å². The van der Waals surface area contributed by atoms with E-state index in [-0.39, 0.29) is 10.8 Å². The van der Waals surface area contributed by atoms with Crippen LogP contribution in [0, 0.1) is 13.8 Å². The van der Waals surface area contributed by atoms with Crippen molar-refractivity contribution >= 4 is 10.8 Å². The number of hydrogen-bond acceptors (Lipinski definition) is 4. The van der Waals surface area contributed by atoms with E-state index in [0.29, 0.717) is 17.5 Å². The second kappa shape index (κ2) is 12.1. The maximum absolute atomic E-state index is 5.09. The summed E-state index contributed by atoms with van der Waals surface area (Å²) in [5, 5.41) is 2.46. The van der Waals surface area contributed by atoms with Crippen LogP contribution in [0.5, 0.6) is 0 Å². The Labute approximate surface area is 295 Å². The van der Waals surface area contributed by atoms with Crippen molar-refractivity contribution in [2.75, 3.05) is 0 Å². The molecular weight excluding hydrogens is 609 g/mol. The van der Waals surface area contributed by atoms with Crippen LogP contribution < -0.4 is 0 Å². The van der Waals surface area contributed by atoms with Gasteiger partial charge in [-0.25, -0.2) is 19.9 Å². The van der Waals surface area contributed by atoms with E-state index in [4.69, 9.17) is 19.9 Å². The highest BCUT2D eigenvalue weighted by Crippen LogP contribution is 2.47. The molecule has 0 spiro atoms. The highest BCUT2D eigenvalue weighted by Gasteiger charge is 2.37. The van der Waals surface area contributed by atoms with E-state index < -0.39 is 0 Å². The molecule has 0 radical (unpaired) electrons. The summed E-state index contributed by atoms with van der Waals surface area (Å²) in [5.41, 5.74) is 12.6. The molecule has 1 aliphatic carbocycles. The third kappa shape index (κ3) is 5.89. The normalized spacial score (nSPS) is 14.8. The van der Waals surface area contributed by atoms with Gasteiger partial charge < -0.3 is 0 Å². The van der Waals surface area contributed by atoms with Crippen molar-refractivity contribution < 1.29 is 0 Å². The van der Waals surface area contributed by atoms with Gasteiger partial charge in [0.1, 0.15) is 5.69 Å². The van der Waals surface area contributed by atoms with Crippen LogP contribution in [0.15, 0.2) is 121 Å². The third-order valence-corrected chi connectivity index (χ3v) is 10.5. The molecule has 0 amide bonds. The van der Waals surface area contributed by atoms with E-state index >= 15 is 0 Å². The van der Waals surface area contributed by atoms with E-state index in [2.05, 4.69) is 150 Å². The van der Waals surface area contributed by atoms with Crippen LogP contribution in [0.4, 0.5) is 0 Å². The first-order valence-electron chi connectivity index (χ1n) is 17.6. The van der Waals surface area contributed by atoms with Crippen molar-refractivity contribution in [3.63, 3.8) is 0 Å². The topological polar surface area (TPSA) is 51.6 Å². The van der Waals surface area contributed by atoms with Gasteiger partial charge in [-0.2, -0.15) is 0 Å². The lowest BCUT2D eigenvalue weighted by Crippen LogP contribution is -2.33. The molecule has 2 aromatic heterocycles. The molecule has 4 heteroatoms. The van der Waals surface area contributed by atoms with Crippen molar-refractivity contribution in [2.45, 2.75) is 65.2 Å². The van der Waals surface area contributed by atoms with Gasteiger partial charge in [0.05, 0.1) is 0 Å². The molecule has 0 saturated carbocycles. The van der Waals surface area contributed by atoms with Gasteiger partial charge in [-0.3, -0.25) is 0 Å². The van der Waals surface area contributed by atoms with Gasteiger partial charge in [0.15, 0.2) is 17.5 Å². The Bertz CT molecular complexity index is 2380. The first kappa shape index (κ1) is 31.8. The first-order chi connectivity index (χ1) is 24.0. The molecule has 8 rings (SSSR count). The molecular formula is C46H42N4. The summed E-state index contributed by atoms with van der Waals surface area (Å²) in [7, 11) is 0. The lowest BCUT2D eigenvalue weighted by molar-refractivity contribution is 0.332. The quantitative estimate of drug-likeness (QED) is 0.186. The monoisotopic (exact) mass is 650 g/mol. The summed E-state index contributed by atoms with van der Waals surface area (Å²) in [6.07, 6.45) is 2.38. The molecule has 7 aromatic rings. The zero-order chi connectivity index (χ0) is 34.6. The van der Waals surface area contributed by atoms with E-state index in [9.17, 15) is 0 Å². The maximum atomic E-state index is 5.09. The predicted octanol–water partition coefficient (Wildman–Crippen LogP) is 11.7. The Hall–Kier alpha value is -5.48. The molecule has 4 nitrogen and oxygen atoms in total. The summed E-state index contributed by atoms with van der Waals surface area (Å²) in [6, 6.07) is 43.3. The van der Waals surface area contributed by atoms with Crippen LogP contribution in [-0.2, 0) is 10.8 Å². The fourth-order valence-electron chi connectivity index (χ4n) is 7.59. The summed E-state index contributed by atoms with van der Waals surface area (Å²) in [5.74, 6) is 1.82. The number of fused-ring (bicyclic) bond motifs is 2. The van der Waals surface area contributed by atoms with Crippen LogP contribution >= 0.6 is 0 Å². The summed E-state index contributed by atoms with van der Waals surface area (Å²) in [6.45, 7) is 13.6. The Kier molecular flexibility index (Phi) is 7.71. The van der Waals surface area contributed by atoms with Gasteiger partial charge in [0, 0.05) is 16.8 Å². The molecule has 2 heterocycles. The van der Waals surface area contributed by atoms with E-state index in [0.717, 1.165) is 39.2 Å². The van der Waals surface area contributed by atoms with Gasteiger partial charge in [-0.05, 0) is 105 Å². The van der Waals surface area contributed by atoms with Gasteiger partial charge in [0.25, 0.3) is 0 Å². The van der Waals surface area contributed by atoms with Gasteiger partial charge in [0.2, 0.25) is 0 Å². The zero-order valence-electron chi connectivity index (χ0n) is 29.8. The van der Waals surface area contributed by atoms with Crippen LogP contribution in [0.1, 0.15) is 62.9 Å². The van der Waals surface area contributed by atoms with Crippen LogP contribution in [0.25, 0.3) is 67.3 Å². The average molecular weight is 651 g/mol. The second-order valence-corrected chi connectivity index (χ2v) is 15.2. The molecule has 1 aliphatic rings. The molecule has 50 heavy (non-hydrogen) atoms. The summed E-state index contributed by atoms with van der Waals surface area (Å²) >= 11 is 0. The Balaban J connectivity index is 1.23. The summed E-state index contributed by atoms with van der Waals surface area (Å²) < 4.78 is 0. The molecule has 0 fully saturated rings. The minimum absolute atomic E-state index is 0.137. The van der Waals surface area contributed by atoms with Crippen LogP contribution in [0.2, 0.25) is 0 Å². The van der Waals surface area contributed by atoms with E-state index in [1.54, 1.807) is 0 Å². The van der Waals surface area contributed by atoms with Crippen molar-refractivity contribution in [1.29, 1.82) is 0 Å². The molecule has 5 aromatic carbocycles. The van der Waals surface area contributed by atoms with Gasteiger partial charge in [-0.15, -0.1) is 0 Å². The molecule has 0 N–H and O–H groups in total. The highest BCUT2D eigenvalue weighted by molar-refractivity contribution is 5.96. The van der Waals surface area contributed by atoms with Gasteiger partial charge >= 0.3 is 0 Å². The molecule has 0 unspecified atom stereocenters. The number of hydrogen-bond donors (Lipinski definition) is 0. The fraction of sp³-hybridized carbons (Fsp3) is 0.217. The largest absolute Gasteiger partial charge is 0.250 e. The average Bonchev–Trinajstić information content (AvgIpc) is 3.13. The third-order valence-electron chi connectivity index (χ3n) is 10.5. The number of aryl methyl sites for hydroxylation is 2. The molecule has 0 bridgehead atoms.